The van der Waals surface area contributed by atoms with E-state index in [0.29, 0.717) is 41.1 Å². The van der Waals surface area contributed by atoms with Gasteiger partial charge in [-0.25, -0.2) is 9.78 Å². The van der Waals surface area contributed by atoms with E-state index in [4.69, 9.17) is 9.47 Å². The summed E-state index contributed by atoms with van der Waals surface area (Å²) in [5.41, 5.74) is 1.99. The predicted molar refractivity (Wildman–Crippen MR) is 130 cm³/mol. The molecule has 3 heterocycles. The van der Waals surface area contributed by atoms with Crippen molar-refractivity contribution in [2.45, 2.75) is 32.9 Å². The summed E-state index contributed by atoms with van der Waals surface area (Å²) in [7, 11) is 2.81. The maximum Gasteiger partial charge on any atom is 0.354 e. The summed E-state index contributed by atoms with van der Waals surface area (Å²) in [5, 5.41) is 11.4. The smallest absolute Gasteiger partial charge is 0.354 e. The van der Waals surface area contributed by atoms with E-state index in [1.165, 1.54) is 12.0 Å². The Morgan fingerprint density at radius 2 is 1.86 bits per heavy atom. The van der Waals surface area contributed by atoms with Gasteiger partial charge in [-0.15, -0.1) is 0 Å². The molecule has 1 fully saturated rings. The van der Waals surface area contributed by atoms with Crippen molar-refractivity contribution in [1.82, 2.24) is 19.4 Å². The molecule has 0 saturated carbocycles. The van der Waals surface area contributed by atoms with Gasteiger partial charge in [0.1, 0.15) is 17.2 Å². The fraction of sp³-hybridized carbons (Fsp3) is 0.308. The molecule has 10 heteroatoms. The number of aromatic nitrogens is 3. The lowest BCUT2D eigenvalue weighted by molar-refractivity contribution is -0.139. The standard InChI is InChI=1S/C26H28N4O6/c1-15-19(16(2)28-21(15)26(34)36-4)23(31)20-22(17-6-8-18(35-3)9-7-17)30(25(33)24(20)32)12-5-11-29-13-10-27-14-29/h6-10,13-14,22,28,31H,5,11-12H2,1-4H3/b23-20+/t22-/m1/s1. The highest BCUT2D eigenvalue weighted by atomic mass is 16.5. The third kappa shape index (κ3) is 4.37. The molecule has 1 aliphatic heterocycles. The summed E-state index contributed by atoms with van der Waals surface area (Å²) in [5.74, 6) is -1.79. The van der Waals surface area contributed by atoms with E-state index in [2.05, 4.69) is 9.97 Å². The number of amides is 1. The molecular weight excluding hydrogens is 464 g/mol. The first-order chi connectivity index (χ1) is 17.3. The van der Waals surface area contributed by atoms with Crippen LogP contribution in [0.5, 0.6) is 5.75 Å². The number of imidazole rings is 1. The van der Waals surface area contributed by atoms with Gasteiger partial charge in [0, 0.05) is 36.7 Å². The molecule has 1 aliphatic rings. The molecule has 10 nitrogen and oxygen atoms in total. The largest absolute Gasteiger partial charge is 0.507 e. The molecule has 1 aromatic carbocycles. The molecule has 2 aromatic heterocycles. The van der Waals surface area contributed by atoms with E-state index < -0.39 is 23.7 Å². The first-order valence-electron chi connectivity index (χ1n) is 11.4. The van der Waals surface area contributed by atoms with Gasteiger partial charge in [0.2, 0.25) is 0 Å². The number of methoxy groups -OCH3 is 2. The Hall–Kier alpha value is -4.34. The van der Waals surface area contributed by atoms with E-state index in [0.717, 1.165) is 0 Å². The number of Topliss-reactive ketones (excluding diaryl/α,β-unsaturated/α-hetero) is 1. The first kappa shape index (κ1) is 24.8. The maximum atomic E-state index is 13.3. The highest BCUT2D eigenvalue weighted by molar-refractivity contribution is 6.46. The van der Waals surface area contributed by atoms with Gasteiger partial charge in [-0.2, -0.15) is 0 Å². The number of aliphatic hydroxyl groups excluding tert-OH is 1. The minimum atomic E-state index is -0.811. The second-order valence-electron chi connectivity index (χ2n) is 8.54. The molecule has 188 valence electrons. The third-order valence-corrected chi connectivity index (χ3v) is 6.41. The van der Waals surface area contributed by atoms with Crippen molar-refractivity contribution in [1.29, 1.82) is 0 Å². The number of nitrogens with one attached hydrogen (secondary N) is 1. The second kappa shape index (κ2) is 10.1. The fourth-order valence-corrected chi connectivity index (χ4v) is 4.63. The molecule has 1 amide bonds. The molecule has 4 rings (SSSR count). The molecule has 0 aliphatic carbocycles. The number of ketones is 1. The highest BCUT2D eigenvalue weighted by Crippen LogP contribution is 2.41. The van der Waals surface area contributed by atoms with Crippen molar-refractivity contribution < 1.29 is 29.0 Å². The molecule has 0 unspecified atom stereocenters. The van der Waals surface area contributed by atoms with Crippen LogP contribution in [-0.4, -0.2) is 63.0 Å². The Balaban J connectivity index is 1.80. The molecular formula is C26H28N4O6. The van der Waals surface area contributed by atoms with Crippen LogP contribution >= 0.6 is 0 Å². The van der Waals surface area contributed by atoms with Gasteiger partial charge in [0.05, 0.1) is 32.2 Å². The molecule has 1 saturated heterocycles. The van der Waals surface area contributed by atoms with Gasteiger partial charge in [0.15, 0.2) is 0 Å². The third-order valence-electron chi connectivity index (χ3n) is 6.41. The number of aryl methyl sites for hydroxylation is 2. The lowest BCUT2D eigenvalue weighted by Gasteiger charge is -2.25. The Morgan fingerprint density at radius 1 is 1.14 bits per heavy atom. The highest BCUT2D eigenvalue weighted by Gasteiger charge is 2.46. The molecule has 2 N–H and O–H groups in total. The number of esters is 1. The summed E-state index contributed by atoms with van der Waals surface area (Å²) in [6, 6.07) is 6.20. The number of rotatable bonds is 8. The van der Waals surface area contributed by atoms with Crippen LogP contribution < -0.4 is 4.74 Å². The second-order valence-corrected chi connectivity index (χ2v) is 8.54. The van der Waals surface area contributed by atoms with Crippen molar-refractivity contribution in [3.05, 3.63) is 76.6 Å². The average molecular weight is 493 g/mol. The monoisotopic (exact) mass is 492 g/mol. The van der Waals surface area contributed by atoms with Crippen LogP contribution in [0.4, 0.5) is 0 Å². The zero-order valence-electron chi connectivity index (χ0n) is 20.6. The van der Waals surface area contributed by atoms with E-state index in [1.54, 1.807) is 57.7 Å². The lowest BCUT2D eigenvalue weighted by Crippen LogP contribution is -2.31. The number of nitrogens with zero attached hydrogens (tertiary/aromatic N) is 3. The summed E-state index contributed by atoms with van der Waals surface area (Å²) >= 11 is 0. The Labute approximate surface area is 208 Å². The van der Waals surface area contributed by atoms with Crippen LogP contribution in [-0.2, 0) is 20.9 Å². The quantitative estimate of drug-likeness (QED) is 0.214. The average Bonchev–Trinajstić information content (AvgIpc) is 3.57. The summed E-state index contributed by atoms with van der Waals surface area (Å²) in [4.78, 5) is 47.1. The Bertz CT molecular complexity index is 1320. The fourth-order valence-electron chi connectivity index (χ4n) is 4.63. The number of carbonyl (C=O) groups excluding carboxylic acids is 3. The number of benzene rings is 1. The molecule has 36 heavy (non-hydrogen) atoms. The Morgan fingerprint density at radius 3 is 2.47 bits per heavy atom. The van der Waals surface area contributed by atoms with Gasteiger partial charge >= 0.3 is 5.97 Å². The number of likely N-dealkylation sites (tertiary alicyclic amines) is 1. The molecule has 3 aromatic rings. The molecule has 0 bridgehead atoms. The van der Waals surface area contributed by atoms with E-state index in [9.17, 15) is 19.5 Å². The number of aliphatic hydroxyl groups is 1. The van der Waals surface area contributed by atoms with Gasteiger partial charge in [-0.1, -0.05) is 12.1 Å². The van der Waals surface area contributed by atoms with Crippen molar-refractivity contribution >= 4 is 23.4 Å². The van der Waals surface area contributed by atoms with Gasteiger partial charge < -0.3 is 29.0 Å². The summed E-state index contributed by atoms with van der Waals surface area (Å²) in [6.07, 6.45) is 5.76. The van der Waals surface area contributed by atoms with Crippen LogP contribution in [0.1, 0.15) is 45.3 Å². The minimum Gasteiger partial charge on any atom is -0.507 e. The van der Waals surface area contributed by atoms with E-state index in [-0.39, 0.29) is 23.6 Å². The topological polar surface area (TPSA) is 127 Å². The minimum absolute atomic E-state index is 0.0330. The van der Waals surface area contributed by atoms with Crippen molar-refractivity contribution in [2.24, 2.45) is 0 Å². The van der Waals surface area contributed by atoms with Crippen LogP contribution in [0, 0.1) is 13.8 Å². The van der Waals surface area contributed by atoms with Crippen LogP contribution in [0.25, 0.3) is 5.76 Å². The number of H-pyrrole nitrogens is 1. The lowest BCUT2D eigenvalue weighted by atomic mass is 9.94. The van der Waals surface area contributed by atoms with E-state index >= 15 is 0 Å². The SMILES string of the molecule is COC(=O)c1[nH]c(C)c(/C(O)=C2\C(=O)C(=O)N(CCCn3ccnc3)[C@@H]2c2ccc(OC)cc2)c1C. The summed E-state index contributed by atoms with van der Waals surface area (Å²) in [6.45, 7) is 4.22. The number of hydrogen-bond donors (Lipinski definition) is 2. The van der Waals surface area contributed by atoms with Gasteiger partial charge in [0.25, 0.3) is 11.7 Å². The summed E-state index contributed by atoms with van der Waals surface area (Å²) < 4.78 is 12.0. The van der Waals surface area contributed by atoms with Crippen molar-refractivity contribution in [2.75, 3.05) is 20.8 Å². The van der Waals surface area contributed by atoms with Gasteiger partial charge in [-0.05, 0) is 43.5 Å². The number of aromatic amines is 1. The normalized spacial score (nSPS) is 17.0. The molecule has 1 atom stereocenters. The zero-order valence-corrected chi connectivity index (χ0v) is 20.6. The van der Waals surface area contributed by atoms with Crippen LogP contribution in [0.15, 0.2) is 48.6 Å². The maximum absolute atomic E-state index is 13.3. The van der Waals surface area contributed by atoms with E-state index in [1.807, 2.05) is 10.8 Å². The van der Waals surface area contributed by atoms with Gasteiger partial charge in [-0.3, -0.25) is 9.59 Å². The predicted octanol–water partition coefficient (Wildman–Crippen LogP) is 3.14. The number of carbonyl (C=O) groups is 3. The zero-order chi connectivity index (χ0) is 26.0. The molecule has 0 radical (unpaired) electrons. The van der Waals surface area contributed by atoms with Crippen molar-refractivity contribution in [3.8, 4) is 5.75 Å². The molecule has 0 spiro atoms. The number of hydrogen-bond acceptors (Lipinski definition) is 7. The van der Waals surface area contributed by atoms with Crippen molar-refractivity contribution in [3.63, 3.8) is 0 Å². The van der Waals surface area contributed by atoms with Crippen LogP contribution in [0.3, 0.4) is 0 Å². The Kier molecular flexibility index (Phi) is 6.96. The first-order valence-corrected chi connectivity index (χ1v) is 11.4. The van der Waals surface area contributed by atoms with Crippen LogP contribution in [0.2, 0.25) is 0 Å². The number of ether oxygens (including phenoxy) is 2.